The SMILES string of the molecule is Cc1[nH]nc(C(=O)O)c1S(=O)(=O)N(C)CCOC(C)C. The zero-order valence-electron chi connectivity index (χ0n) is 11.9. The van der Waals surface area contributed by atoms with Gasteiger partial charge < -0.3 is 9.84 Å². The third-order valence-electron chi connectivity index (χ3n) is 2.62. The number of hydrogen-bond donors (Lipinski definition) is 2. The Labute approximate surface area is 117 Å². The highest BCUT2D eigenvalue weighted by Crippen LogP contribution is 2.21. The Kier molecular flexibility index (Phi) is 5.26. The molecule has 1 aromatic heterocycles. The Morgan fingerprint density at radius 1 is 1.50 bits per heavy atom. The number of sulfonamides is 1. The van der Waals surface area contributed by atoms with Crippen LogP contribution in [0.2, 0.25) is 0 Å². The fraction of sp³-hybridized carbons (Fsp3) is 0.636. The van der Waals surface area contributed by atoms with Crippen molar-refractivity contribution in [3.63, 3.8) is 0 Å². The fourth-order valence-electron chi connectivity index (χ4n) is 1.57. The molecule has 0 bridgehead atoms. The highest BCUT2D eigenvalue weighted by molar-refractivity contribution is 7.89. The summed E-state index contributed by atoms with van der Waals surface area (Å²) >= 11 is 0. The number of carbonyl (C=O) groups is 1. The summed E-state index contributed by atoms with van der Waals surface area (Å²) in [6, 6.07) is 0. The molecule has 114 valence electrons. The van der Waals surface area contributed by atoms with Crippen molar-refractivity contribution in [1.29, 1.82) is 0 Å². The molecule has 0 aliphatic heterocycles. The van der Waals surface area contributed by atoms with E-state index in [1.54, 1.807) is 0 Å². The number of ether oxygens (including phenoxy) is 1. The molecule has 0 saturated carbocycles. The van der Waals surface area contributed by atoms with Gasteiger partial charge in [-0.15, -0.1) is 0 Å². The van der Waals surface area contributed by atoms with E-state index in [1.165, 1.54) is 14.0 Å². The molecule has 0 aliphatic rings. The summed E-state index contributed by atoms with van der Waals surface area (Å²) in [4.78, 5) is 10.7. The molecule has 1 aromatic rings. The third kappa shape index (κ3) is 3.56. The smallest absolute Gasteiger partial charge is 0.357 e. The predicted octanol–water partition coefficient (Wildman–Crippen LogP) is 0.462. The molecule has 0 aromatic carbocycles. The zero-order valence-corrected chi connectivity index (χ0v) is 12.7. The van der Waals surface area contributed by atoms with Crippen LogP contribution in [0.1, 0.15) is 30.0 Å². The standard InChI is InChI=1S/C11H19N3O5S/c1-7(2)19-6-5-14(4)20(17,18)10-8(3)12-13-9(10)11(15)16/h7H,5-6H2,1-4H3,(H,12,13)(H,15,16). The maximum atomic E-state index is 12.4. The van der Waals surface area contributed by atoms with Gasteiger partial charge in [0.15, 0.2) is 5.69 Å². The van der Waals surface area contributed by atoms with Crippen molar-refractivity contribution in [2.45, 2.75) is 31.8 Å². The first-order chi connectivity index (χ1) is 9.17. The molecule has 1 heterocycles. The highest BCUT2D eigenvalue weighted by Gasteiger charge is 2.31. The summed E-state index contributed by atoms with van der Waals surface area (Å²) in [5, 5.41) is 14.9. The first kappa shape index (κ1) is 16.6. The number of carboxylic acids is 1. The minimum Gasteiger partial charge on any atom is -0.476 e. The number of nitrogens with one attached hydrogen (secondary N) is 1. The van der Waals surface area contributed by atoms with Crippen LogP contribution in [0.4, 0.5) is 0 Å². The fourth-order valence-corrected chi connectivity index (χ4v) is 3.01. The second kappa shape index (κ2) is 6.33. The second-order valence-corrected chi connectivity index (χ2v) is 6.56. The van der Waals surface area contributed by atoms with Gasteiger partial charge in [0.25, 0.3) is 0 Å². The first-order valence-electron chi connectivity index (χ1n) is 6.04. The van der Waals surface area contributed by atoms with Crippen molar-refractivity contribution < 1.29 is 23.1 Å². The summed E-state index contributed by atoms with van der Waals surface area (Å²) in [6.07, 6.45) is -0.00338. The summed E-state index contributed by atoms with van der Waals surface area (Å²) in [7, 11) is -2.55. The average Bonchev–Trinajstić information content (AvgIpc) is 2.71. The van der Waals surface area contributed by atoms with Gasteiger partial charge in [-0.25, -0.2) is 13.2 Å². The number of H-pyrrole nitrogens is 1. The van der Waals surface area contributed by atoms with E-state index in [0.717, 1.165) is 4.31 Å². The Balaban J connectivity index is 2.99. The van der Waals surface area contributed by atoms with Crippen LogP contribution >= 0.6 is 0 Å². The van der Waals surface area contributed by atoms with Crippen molar-refractivity contribution in [2.75, 3.05) is 20.2 Å². The normalized spacial score (nSPS) is 12.3. The van der Waals surface area contributed by atoms with Gasteiger partial charge in [0.05, 0.1) is 18.4 Å². The highest BCUT2D eigenvalue weighted by atomic mass is 32.2. The van der Waals surface area contributed by atoms with Crippen LogP contribution in [-0.2, 0) is 14.8 Å². The maximum Gasteiger partial charge on any atom is 0.357 e. The summed E-state index contributed by atoms with van der Waals surface area (Å²) < 4.78 is 31.1. The van der Waals surface area contributed by atoms with Crippen molar-refractivity contribution in [1.82, 2.24) is 14.5 Å². The molecule has 0 fully saturated rings. The lowest BCUT2D eigenvalue weighted by atomic mass is 10.4. The lowest BCUT2D eigenvalue weighted by molar-refractivity contribution is 0.0686. The van der Waals surface area contributed by atoms with Gasteiger partial charge in [-0.2, -0.15) is 9.40 Å². The molecular formula is C11H19N3O5S. The van der Waals surface area contributed by atoms with Crippen LogP contribution in [-0.4, -0.2) is 60.3 Å². The quantitative estimate of drug-likeness (QED) is 0.757. The average molecular weight is 305 g/mol. The topological polar surface area (TPSA) is 113 Å². The number of aryl methyl sites for hydroxylation is 1. The molecule has 0 amide bonds. The Morgan fingerprint density at radius 3 is 2.60 bits per heavy atom. The van der Waals surface area contributed by atoms with E-state index in [1.807, 2.05) is 13.8 Å². The molecule has 8 nitrogen and oxygen atoms in total. The Morgan fingerprint density at radius 2 is 2.10 bits per heavy atom. The van der Waals surface area contributed by atoms with E-state index in [0.29, 0.717) is 0 Å². The van der Waals surface area contributed by atoms with Crippen molar-refractivity contribution in [2.24, 2.45) is 0 Å². The van der Waals surface area contributed by atoms with E-state index >= 15 is 0 Å². The Hall–Kier alpha value is -1.45. The minimum absolute atomic E-state index is 0.00338. The molecule has 20 heavy (non-hydrogen) atoms. The van der Waals surface area contributed by atoms with E-state index < -0.39 is 21.7 Å². The van der Waals surface area contributed by atoms with Gasteiger partial charge in [0.1, 0.15) is 4.90 Å². The van der Waals surface area contributed by atoms with Crippen molar-refractivity contribution in [3.05, 3.63) is 11.4 Å². The molecule has 0 saturated heterocycles. The molecule has 0 spiro atoms. The molecule has 9 heteroatoms. The van der Waals surface area contributed by atoms with Crippen molar-refractivity contribution in [3.8, 4) is 0 Å². The number of aromatic amines is 1. The van der Waals surface area contributed by atoms with E-state index in [-0.39, 0.29) is 29.8 Å². The molecule has 2 N–H and O–H groups in total. The number of aromatic carboxylic acids is 1. The molecule has 1 rings (SSSR count). The van der Waals surface area contributed by atoms with E-state index in [2.05, 4.69) is 10.2 Å². The molecule has 0 radical (unpaired) electrons. The predicted molar refractivity (Wildman–Crippen MR) is 71.2 cm³/mol. The van der Waals surface area contributed by atoms with E-state index in [9.17, 15) is 13.2 Å². The molecule has 0 aliphatic carbocycles. The summed E-state index contributed by atoms with van der Waals surface area (Å²) in [5.74, 6) is -1.39. The van der Waals surface area contributed by atoms with Gasteiger partial charge in [-0.05, 0) is 20.8 Å². The molecule has 0 atom stereocenters. The van der Waals surface area contributed by atoms with Crippen LogP contribution < -0.4 is 0 Å². The van der Waals surface area contributed by atoms with Gasteiger partial charge in [0, 0.05) is 13.6 Å². The number of likely N-dealkylation sites (N-methyl/N-ethyl adjacent to an activating group) is 1. The van der Waals surface area contributed by atoms with Crippen LogP contribution in [0.25, 0.3) is 0 Å². The van der Waals surface area contributed by atoms with Crippen molar-refractivity contribution >= 4 is 16.0 Å². The first-order valence-corrected chi connectivity index (χ1v) is 7.48. The van der Waals surface area contributed by atoms with Gasteiger partial charge in [-0.1, -0.05) is 0 Å². The Bertz CT molecular complexity index is 579. The van der Waals surface area contributed by atoms with Gasteiger partial charge in [-0.3, -0.25) is 5.10 Å². The number of aromatic nitrogens is 2. The van der Waals surface area contributed by atoms with Gasteiger partial charge in [0.2, 0.25) is 10.0 Å². The minimum atomic E-state index is -3.92. The van der Waals surface area contributed by atoms with E-state index in [4.69, 9.17) is 9.84 Å². The zero-order chi connectivity index (χ0) is 15.5. The maximum absolute atomic E-state index is 12.4. The molecular weight excluding hydrogens is 286 g/mol. The second-order valence-electron chi connectivity index (χ2n) is 4.58. The van der Waals surface area contributed by atoms with Gasteiger partial charge >= 0.3 is 5.97 Å². The third-order valence-corrected chi connectivity index (χ3v) is 4.64. The summed E-state index contributed by atoms with van der Waals surface area (Å²) in [6.45, 7) is 5.51. The summed E-state index contributed by atoms with van der Waals surface area (Å²) in [5.41, 5.74) is -0.307. The van der Waals surface area contributed by atoms with Crippen LogP contribution in [0.15, 0.2) is 4.90 Å². The number of rotatable bonds is 7. The largest absolute Gasteiger partial charge is 0.476 e. The van der Waals surface area contributed by atoms with Crippen LogP contribution in [0.5, 0.6) is 0 Å². The molecule has 0 unspecified atom stereocenters. The number of hydrogen-bond acceptors (Lipinski definition) is 5. The lowest BCUT2D eigenvalue weighted by Crippen LogP contribution is -2.32. The number of nitrogens with zero attached hydrogens (tertiary/aromatic N) is 2. The monoisotopic (exact) mass is 305 g/mol. The number of carboxylic acid groups (broad SMARTS) is 1. The van der Waals surface area contributed by atoms with Crippen LogP contribution in [0, 0.1) is 6.92 Å². The lowest BCUT2D eigenvalue weighted by Gasteiger charge is -2.18. The van der Waals surface area contributed by atoms with Crippen LogP contribution in [0.3, 0.4) is 0 Å².